The van der Waals surface area contributed by atoms with E-state index in [2.05, 4.69) is 10.7 Å². The van der Waals surface area contributed by atoms with Gasteiger partial charge in [-0.3, -0.25) is 29.9 Å². The second-order valence-corrected chi connectivity index (χ2v) is 11.0. The number of hydrogen-bond donors (Lipinski definition) is 3. The molecular formula is C22H20ClN5O5S2. The SMILES string of the molecule is CC1(C)SC(=S)N(NC(=O)CN2C(=O)c3ccccc3C2=O)C1N(O)C(=O)Nc1ccc(Cl)cc1. The van der Waals surface area contributed by atoms with Crippen LogP contribution < -0.4 is 10.7 Å². The minimum atomic E-state index is -1.10. The van der Waals surface area contributed by atoms with E-state index in [0.717, 1.165) is 16.7 Å². The second kappa shape index (κ2) is 9.46. The fourth-order valence-electron chi connectivity index (χ4n) is 3.77. The molecule has 182 valence electrons. The molecule has 2 aromatic rings. The van der Waals surface area contributed by atoms with Gasteiger partial charge in [-0.05, 0) is 50.2 Å². The summed E-state index contributed by atoms with van der Waals surface area (Å²) in [5, 5.41) is 15.4. The smallest absolute Gasteiger partial charge is 0.306 e. The molecule has 4 rings (SSSR count). The lowest BCUT2D eigenvalue weighted by molar-refractivity contribution is -0.140. The van der Waals surface area contributed by atoms with Crippen LogP contribution >= 0.6 is 35.6 Å². The molecule has 0 radical (unpaired) electrons. The molecule has 5 amide bonds. The first-order valence-corrected chi connectivity index (χ1v) is 11.9. The van der Waals surface area contributed by atoms with Crippen LogP contribution in [0.4, 0.5) is 10.5 Å². The number of nitrogens with zero attached hydrogens (tertiary/aromatic N) is 3. The van der Waals surface area contributed by atoms with Gasteiger partial charge in [-0.1, -0.05) is 47.7 Å². The highest BCUT2D eigenvalue weighted by atomic mass is 35.5. The third kappa shape index (κ3) is 4.82. The van der Waals surface area contributed by atoms with Gasteiger partial charge in [0.2, 0.25) is 0 Å². The predicted octanol–water partition coefficient (Wildman–Crippen LogP) is 3.33. The monoisotopic (exact) mass is 533 g/mol. The zero-order valence-corrected chi connectivity index (χ0v) is 20.9. The molecule has 13 heteroatoms. The number of rotatable bonds is 5. The van der Waals surface area contributed by atoms with Crippen molar-refractivity contribution in [2.75, 3.05) is 11.9 Å². The molecule has 3 N–H and O–H groups in total. The highest BCUT2D eigenvalue weighted by Gasteiger charge is 2.50. The molecule has 2 aliphatic rings. The summed E-state index contributed by atoms with van der Waals surface area (Å²) in [5.41, 5.74) is 3.36. The number of nitrogens with one attached hydrogen (secondary N) is 2. The van der Waals surface area contributed by atoms with Crippen LogP contribution in [0.5, 0.6) is 0 Å². The number of hydrazine groups is 1. The third-order valence-corrected chi connectivity index (χ3v) is 7.18. The molecule has 2 aliphatic heterocycles. The zero-order valence-electron chi connectivity index (χ0n) is 18.5. The van der Waals surface area contributed by atoms with E-state index < -0.39 is 41.2 Å². The van der Waals surface area contributed by atoms with Gasteiger partial charge < -0.3 is 5.32 Å². The number of anilines is 1. The molecule has 35 heavy (non-hydrogen) atoms. The highest BCUT2D eigenvalue weighted by Crippen LogP contribution is 2.41. The Kier molecular flexibility index (Phi) is 6.73. The number of thioether (sulfide) groups is 1. The summed E-state index contributed by atoms with van der Waals surface area (Å²) in [6.07, 6.45) is -1.10. The minimum Gasteiger partial charge on any atom is -0.306 e. The average molecular weight is 534 g/mol. The van der Waals surface area contributed by atoms with E-state index in [1.54, 1.807) is 50.2 Å². The summed E-state index contributed by atoms with van der Waals surface area (Å²) >= 11 is 12.4. The lowest BCUT2D eigenvalue weighted by atomic mass is 10.1. The number of thiocarbonyl (C=S) groups is 1. The predicted molar refractivity (Wildman–Crippen MR) is 134 cm³/mol. The van der Waals surface area contributed by atoms with Gasteiger partial charge in [0.15, 0.2) is 10.5 Å². The quantitative estimate of drug-likeness (QED) is 0.231. The Morgan fingerprint density at radius 1 is 1.11 bits per heavy atom. The molecule has 1 atom stereocenters. The Hall–Kier alpha value is -3.19. The van der Waals surface area contributed by atoms with E-state index >= 15 is 0 Å². The molecule has 0 saturated carbocycles. The molecule has 1 saturated heterocycles. The summed E-state index contributed by atoms with van der Waals surface area (Å²) in [4.78, 5) is 51.6. The molecule has 0 spiro atoms. The van der Waals surface area contributed by atoms with E-state index in [1.807, 2.05) is 0 Å². The molecule has 0 bridgehead atoms. The van der Waals surface area contributed by atoms with Gasteiger partial charge in [-0.25, -0.2) is 9.80 Å². The summed E-state index contributed by atoms with van der Waals surface area (Å²) in [6, 6.07) is 11.7. The first kappa shape index (κ1) is 24.9. The van der Waals surface area contributed by atoms with Gasteiger partial charge in [0, 0.05) is 10.7 Å². The largest absolute Gasteiger partial charge is 0.347 e. The van der Waals surface area contributed by atoms with Crippen molar-refractivity contribution in [2.24, 2.45) is 0 Å². The summed E-state index contributed by atoms with van der Waals surface area (Å²) in [5.74, 6) is -1.89. The van der Waals surface area contributed by atoms with Crippen LogP contribution in [0.3, 0.4) is 0 Å². The van der Waals surface area contributed by atoms with Crippen molar-refractivity contribution in [3.05, 3.63) is 64.7 Å². The molecular weight excluding hydrogens is 514 g/mol. The number of benzene rings is 2. The van der Waals surface area contributed by atoms with Crippen molar-refractivity contribution in [3.63, 3.8) is 0 Å². The molecule has 10 nitrogen and oxygen atoms in total. The van der Waals surface area contributed by atoms with E-state index in [1.165, 1.54) is 17.1 Å². The standard InChI is InChI=1S/C22H20ClN5O5S2/c1-22(2)19(28(33)20(32)24-13-9-7-12(23)8-10-13)27(21(34)35-22)25-16(29)11-26-17(30)14-5-3-4-6-15(14)18(26)31/h3-10,19,33H,11H2,1-2H3,(H,24,32)(H,25,29). The van der Waals surface area contributed by atoms with Gasteiger partial charge >= 0.3 is 6.03 Å². The molecule has 0 aromatic heterocycles. The van der Waals surface area contributed by atoms with E-state index in [-0.39, 0.29) is 15.4 Å². The van der Waals surface area contributed by atoms with Crippen LogP contribution in [-0.2, 0) is 4.79 Å². The maximum absolute atomic E-state index is 12.8. The fourth-order valence-corrected chi connectivity index (χ4v) is 5.69. The Bertz CT molecular complexity index is 1200. The Labute approximate surface area is 215 Å². The normalized spacial score (nSPS) is 18.5. The van der Waals surface area contributed by atoms with Crippen LogP contribution in [-0.4, -0.2) is 65.7 Å². The van der Waals surface area contributed by atoms with Gasteiger partial charge in [0.1, 0.15) is 6.54 Å². The molecule has 0 aliphatic carbocycles. The first-order chi connectivity index (χ1) is 16.5. The van der Waals surface area contributed by atoms with Crippen molar-refractivity contribution in [1.29, 1.82) is 0 Å². The van der Waals surface area contributed by atoms with Crippen molar-refractivity contribution >= 4 is 69.3 Å². The van der Waals surface area contributed by atoms with Gasteiger partial charge in [-0.2, -0.15) is 5.06 Å². The topological polar surface area (TPSA) is 122 Å². The maximum Gasteiger partial charge on any atom is 0.347 e. The number of carbonyl (C=O) groups is 4. The summed E-state index contributed by atoms with van der Waals surface area (Å²) < 4.78 is -0.638. The number of hydroxylamine groups is 2. The third-order valence-electron chi connectivity index (χ3n) is 5.37. The fraction of sp³-hybridized carbons (Fsp3) is 0.227. The van der Waals surface area contributed by atoms with Gasteiger partial charge in [0.25, 0.3) is 17.7 Å². The lowest BCUT2D eigenvalue weighted by Gasteiger charge is -2.36. The van der Waals surface area contributed by atoms with Crippen LogP contribution in [0.1, 0.15) is 34.6 Å². The second-order valence-electron chi connectivity index (χ2n) is 8.27. The molecule has 1 unspecified atom stereocenters. The number of fused-ring (bicyclic) bond motifs is 1. The van der Waals surface area contributed by atoms with E-state index in [0.29, 0.717) is 15.8 Å². The van der Waals surface area contributed by atoms with Crippen LogP contribution in [0.15, 0.2) is 48.5 Å². The number of urea groups is 1. The van der Waals surface area contributed by atoms with Gasteiger partial charge in [0.05, 0.1) is 15.9 Å². The zero-order chi connectivity index (χ0) is 25.5. The number of carbonyl (C=O) groups excluding carboxylic acids is 4. The average Bonchev–Trinajstić information content (AvgIpc) is 3.18. The van der Waals surface area contributed by atoms with Crippen LogP contribution in [0, 0.1) is 0 Å². The number of halogens is 1. The molecule has 1 fully saturated rings. The van der Waals surface area contributed by atoms with Crippen molar-refractivity contribution in [1.82, 2.24) is 20.4 Å². The van der Waals surface area contributed by atoms with Crippen molar-refractivity contribution in [2.45, 2.75) is 24.8 Å². The van der Waals surface area contributed by atoms with Crippen molar-refractivity contribution < 1.29 is 24.4 Å². The Morgan fingerprint density at radius 3 is 2.26 bits per heavy atom. The van der Waals surface area contributed by atoms with Crippen LogP contribution in [0.2, 0.25) is 5.02 Å². The maximum atomic E-state index is 12.8. The lowest BCUT2D eigenvalue weighted by Crippen LogP contribution is -2.61. The first-order valence-electron chi connectivity index (χ1n) is 10.3. The van der Waals surface area contributed by atoms with E-state index in [4.69, 9.17) is 23.8 Å². The Morgan fingerprint density at radius 2 is 1.69 bits per heavy atom. The Balaban J connectivity index is 1.47. The molecule has 2 heterocycles. The minimum absolute atomic E-state index is 0.189. The number of amides is 5. The van der Waals surface area contributed by atoms with Crippen molar-refractivity contribution in [3.8, 4) is 0 Å². The molecule has 2 aromatic carbocycles. The summed E-state index contributed by atoms with van der Waals surface area (Å²) in [7, 11) is 0. The number of hydrogen-bond acceptors (Lipinski definition) is 7. The summed E-state index contributed by atoms with van der Waals surface area (Å²) in [6.45, 7) is 2.92. The van der Waals surface area contributed by atoms with Gasteiger partial charge in [-0.15, -0.1) is 0 Å². The van der Waals surface area contributed by atoms with E-state index in [9.17, 15) is 24.4 Å². The van der Waals surface area contributed by atoms with Crippen LogP contribution in [0.25, 0.3) is 0 Å². The number of imide groups is 1. The highest BCUT2D eigenvalue weighted by molar-refractivity contribution is 8.24.